The summed E-state index contributed by atoms with van der Waals surface area (Å²) < 4.78 is 0. The maximum absolute atomic E-state index is 11.7. The smallest absolute Gasteiger partial charge is 0.226 e. The van der Waals surface area contributed by atoms with Gasteiger partial charge in [-0.3, -0.25) is 4.79 Å². The number of amides is 1. The van der Waals surface area contributed by atoms with Gasteiger partial charge in [-0.05, 0) is 54.8 Å². The summed E-state index contributed by atoms with van der Waals surface area (Å²) in [6.07, 6.45) is 0. The number of guanidine groups is 1. The van der Waals surface area contributed by atoms with E-state index in [0.717, 1.165) is 16.9 Å². The van der Waals surface area contributed by atoms with Crippen molar-refractivity contribution in [2.45, 2.75) is 34.2 Å². The number of carbonyl (C=O) groups is 1. The summed E-state index contributed by atoms with van der Waals surface area (Å²) in [5.41, 5.74) is 11.1. The Morgan fingerprint density at radius 1 is 1.00 bits per heavy atom. The summed E-state index contributed by atoms with van der Waals surface area (Å²) in [6, 6.07) is 13.7. The molecule has 2 rings (SSSR count). The Morgan fingerprint density at radius 2 is 1.64 bits per heavy atom. The number of nitrogens with one attached hydrogen (secondary N) is 2. The summed E-state index contributed by atoms with van der Waals surface area (Å²) >= 11 is 0. The quantitative estimate of drug-likeness (QED) is 0.573. The fourth-order valence-corrected chi connectivity index (χ4v) is 2.16. The second-order valence-corrected chi connectivity index (χ2v) is 6.47. The van der Waals surface area contributed by atoms with Gasteiger partial charge in [-0.15, -0.1) is 0 Å². The van der Waals surface area contributed by atoms with Crippen LogP contribution in [-0.4, -0.2) is 11.9 Å². The zero-order valence-corrected chi connectivity index (χ0v) is 15.3. The predicted molar refractivity (Wildman–Crippen MR) is 105 cm³/mol. The van der Waals surface area contributed by atoms with E-state index in [1.165, 1.54) is 11.1 Å². The predicted octanol–water partition coefficient (Wildman–Crippen LogP) is 3.82. The maximum atomic E-state index is 11.7. The summed E-state index contributed by atoms with van der Waals surface area (Å²) in [5, 5.41) is 5.96. The number of aryl methyl sites for hydroxylation is 2. The first-order chi connectivity index (χ1) is 11.8. The second kappa shape index (κ2) is 8.33. The highest BCUT2D eigenvalue weighted by Gasteiger charge is 2.06. The lowest BCUT2D eigenvalue weighted by molar-refractivity contribution is -0.118. The van der Waals surface area contributed by atoms with Crippen LogP contribution < -0.4 is 16.4 Å². The Morgan fingerprint density at radius 3 is 2.24 bits per heavy atom. The minimum atomic E-state index is -0.0411. The minimum absolute atomic E-state index is 0.00704. The average Bonchev–Trinajstić information content (AvgIpc) is 2.57. The summed E-state index contributed by atoms with van der Waals surface area (Å²) in [4.78, 5) is 16.0. The van der Waals surface area contributed by atoms with Gasteiger partial charge in [-0.1, -0.05) is 32.0 Å². The number of anilines is 2. The SMILES string of the molecule is Cc1ccc(NC(N)=NCc2ccc(NC(=O)C(C)C)cc2)cc1C. The number of benzene rings is 2. The molecule has 0 aliphatic heterocycles. The topological polar surface area (TPSA) is 79.5 Å². The lowest BCUT2D eigenvalue weighted by Crippen LogP contribution is -2.22. The second-order valence-electron chi connectivity index (χ2n) is 6.47. The third-order valence-electron chi connectivity index (χ3n) is 3.96. The molecule has 5 nitrogen and oxygen atoms in total. The van der Waals surface area contributed by atoms with Crippen LogP contribution in [0.25, 0.3) is 0 Å². The fraction of sp³-hybridized carbons (Fsp3) is 0.300. The molecule has 0 aliphatic carbocycles. The van der Waals surface area contributed by atoms with Crippen LogP contribution in [-0.2, 0) is 11.3 Å². The van der Waals surface area contributed by atoms with Gasteiger partial charge in [-0.2, -0.15) is 0 Å². The number of nitrogens with two attached hydrogens (primary N) is 1. The Kier molecular flexibility index (Phi) is 6.17. The highest BCUT2D eigenvalue weighted by molar-refractivity contribution is 5.92. The molecular weight excluding hydrogens is 312 g/mol. The van der Waals surface area contributed by atoms with Crippen LogP contribution in [0, 0.1) is 19.8 Å². The van der Waals surface area contributed by atoms with Crippen LogP contribution in [0.1, 0.15) is 30.5 Å². The van der Waals surface area contributed by atoms with Crippen molar-refractivity contribution >= 4 is 23.2 Å². The van der Waals surface area contributed by atoms with Crippen molar-refractivity contribution in [3.05, 3.63) is 59.2 Å². The molecule has 0 spiro atoms. The molecule has 0 unspecified atom stereocenters. The highest BCUT2D eigenvalue weighted by Crippen LogP contribution is 2.14. The molecule has 0 bridgehead atoms. The van der Waals surface area contributed by atoms with Crippen molar-refractivity contribution in [1.82, 2.24) is 0 Å². The Bertz CT molecular complexity index is 764. The van der Waals surface area contributed by atoms with E-state index in [1.807, 2.05) is 50.2 Å². The van der Waals surface area contributed by atoms with Crippen LogP contribution in [0.4, 0.5) is 11.4 Å². The molecule has 25 heavy (non-hydrogen) atoms. The molecule has 5 heteroatoms. The van der Waals surface area contributed by atoms with E-state index in [1.54, 1.807) is 0 Å². The van der Waals surface area contributed by atoms with E-state index < -0.39 is 0 Å². The number of hydrogen-bond acceptors (Lipinski definition) is 2. The van der Waals surface area contributed by atoms with Crippen LogP contribution in [0.15, 0.2) is 47.5 Å². The van der Waals surface area contributed by atoms with Crippen molar-refractivity contribution in [2.75, 3.05) is 10.6 Å². The van der Waals surface area contributed by atoms with Gasteiger partial charge in [0.1, 0.15) is 0 Å². The van der Waals surface area contributed by atoms with Crippen molar-refractivity contribution in [3.63, 3.8) is 0 Å². The Hall–Kier alpha value is -2.82. The lowest BCUT2D eigenvalue weighted by atomic mass is 10.1. The number of aliphatic imine (C=N–C) groups is 1. The lowest BCUT2D eigenvalue weighted by Gasteiger charge is -2.09. The molecule has 0 saturated heterocycles. The van der Waals surface area contributed by atoms with Gasteiger partial charge in [0, 0.05) is 17.3 Å². The maximum Gasteiger partial charge on any atom is 0.226 e. The van der Waals surface area contributed by atoms with Gasteiger partial charge in [0.2, 0.25) is 5.91 Å². The first kappa shape index (κ1) is 18.5. The molecule has 0 fully saturated rings. The van der Waals surface area contributed by atoms with Crippen LogP contribution in [0.5, 0.6) is 0 Å². The number of rotatable bonds is 5. The first-order valence-corrected chi connectivity index (χ1v) is 8.39. The molecular formula is C20H26N4O. The van der Waals surface area contributed by atoms with E-state index in [-0.39, 0.29) is 11.8 Å². The average molecular weight is 338 g/mol. The summed E-state index contributed by atoms with van der Waals surface area (Å²) in [6.45, 7) is 8.34. The van der Waals surface area contributed by atoms with Crippen molar-refractivity contribution in [3.8, 4) is 0 Å². The molecule has 0 aromatic heterocycles. The standard InChI is InChI=1S/C20H26N4O/c1-13(2)19(25)23-17-9-6-16(7-10-17)12-22-20(21)24-18-8-5-14(3)15(4)11-18/h5-11,13H,12H2,1-4H3,(H,23,25)(H3,21,22,24). The van der Waals surface area contributed by atoms with Gasteiger partial charge in [0.15, 0.2) is 5.96 Å². The van der Waals surface area contributed by atoms with Crippen molar-refractivity contribution in [1.29, 1.82) is 0 Å². The molecule has 2 aromatic rings. The zero-order valence-electron chi connectivity index (χ0n) is 15.3. The third kappa shape index (κ3) is 5.64. The van der Waals surface area contributed by atoms with Crippen molar-refractivity contribution in [2.24, 2.45) is 16.6 Å². The minimum Gasteiger partial charge on any atom is -0.370 e. The zero-order chi connectivity index (χ0) is 18.4. The number of nitrogens with zero attached hydrogens (tertiary/aromatic N) is 1. The van der Waals surface area contributed by atoms with E-state index in [9.17, 15) is 4.79 Å². The molecule has 0 saturated carbocycles. The molecule has 2 aromatic carbocycles. The van der Waals surface area contributed by atoms with E-state index in [4.69, 9.17) is 5.73 Å². The summed E-state index contributed by atoms with van der Waals surface area (Å²) in [5.74, 6) is 0.341. The van der Waals surface area contributed by atoms with Crippen LogP contribution >= 0.6 is 0 Å². The van der Waals surface area contributed by atoms with Crippen LogP contribution in [0.2, 0.25) is 0 Å². The number of carbonyl (C=O) groups excluding carboxylic acids is 1. The van der Waals surface area contributed by atoms with Crippen LogP contribution in [0.3, 0.4) is 0 Å². The van der Waals surface area contributed by atoms with E-state index in [0.29, 0.717) is 12.5 Å². The molecule has 0 radical (unpaired) electrons. The molecule has 0 heterocycles. The molecule has 132 valence electrons. The normalized spacial score (nSPS) is 11.5. The Balaban J connectivity index is 1.93. The van der Waals surface area contributed by atoms with Gasteiger partial charge < -0.3 is 16.4 Å². The molecule has 4 N–H and O–H groups in total. The molecule has 0 atom stereocenters. The van der Waals surface area contributed by atoms with E-state index >= 15 is 0 Å². The van der Waals surface area contributed by atoms with E-state index in [2.05, 4.69) is 35.5 Å². The monoisotopic (exact) mass is 338 g/mol. The molecule has 1 amide bonds. The largest absolute Gasteiger partial charge is 0.370 e. The highest BCUT2D eigenvalue weighted by atomic mass is 16.1. The van der Waals surface area contributed by atoms with Gasteiger partial charge >= 0.3 is 0 Å². The van der Waals surface area contributed by atoms with Gasteiger partial charge in [0.05, 0.1) is 6.54 Å². The number of hydrogen-bond donors (Lipinski definition) is 3. The Labute approximate surface area is 149 Å². The third-order valence-corrected chi connectivity index (χ3v) is 3.96. The fourth-order valence-electron chi connectivity index (χ4n) is 2.16. The van der Waals surface area contributed by atoms with Gasteiger partial charge in [0.25, 0.3) is 0 Å². The summed E-state index contributed by atoms with van der Waals surface area (Å²) in [7, 11) is 0. The van der Waals surface area contributed by atoms with Gasteiger partial charge in [-0.25, -0.2) is 4.99 Å². The first-order valence-electron chi connectivity index (χ1n) is 8.39. The molecule has 0 aliphatic rings. The van der Waals surface area contributed by atoms with Crippen molar-refractivity contribution < 1.29 is 4.79 Å².